The quantitative estimate of drug-likeness (QED) is 0.163. The average Bonchev–Trinajstić information content (AvgIpc) is 3.76. The summed E-state index contributed by atoms with van der Waals surface area (Å²) in [4.78, 5) is 45.6. The molecule has 0 atom stereocenters. The lowest BCUT2D eigenvalue weighted by atomic mass is 10.1. The highest BCUT2D eigenvalue weighted by Crippen LogP contribution is 2.48. The van der Waals surface area contributed by atoms with Crippen LogP contribution in [0.15, 0.2) is 24.3 Å². The molecule has 0 aliphatic heterocycles. The lowest BCUT2D eigenvalue weighted by molar-refractivity contribution is -0.384. The van der Waals surface area contributed by atoms with Gasteiger partial charge in [-0.3, -0.25) is 20.2 Å². The smallest absolute Gasteiger partial charge is 0.412 e. The number of hydrogen-bond acceptors (Lipinski definition) is 10. The molecule has 3 N–H and O–H groups in total. The molecule has 0 unspecified atom stereocenters. The van der Waals surface area contributed by atoms with Crippen molar-refractivity contribution in [3.63, 3.8) is 0 Å². The second kappa shape index (κ2) is 12.4. The highest BCUT2D eigenvalue weighted by Gasteiger charge is 2.32. The Labute approximate surface area is 255 Å². The summed E-state index contributed by atoms with van der Waals surface area (Å²) >= 11 is 13.0. The van der Waals surface area contributed by atoms with E-state index in [1.54, 1.807) is 20.8 Å². The van der Waals surface area contributed by atoms with Crippen LogP contribution in [0.1, 0.15) is 55.7 Å². The zero-order valence-corrected chi connectivity index (χ0v) is 25.1. The van der Waals surface area contributed by atoms with Gasteiger partial charge in [-0.05, 0) is 39.7 Å². The molecule has 1 aliphatic carbocycles. The molecule has 2 aromatic carbocycles. The molecule has 1 saturated carbocycles. The summed E-state index contributed by atoms with van der Waals surface area (Å²) in [6.45, 7) is 5.01. The molecule has 2 amide bonds. The first kappa shape index (κ1) is 31.5. The normalized spacial score (nSPS) is 12.7. The summed E-state index contributed by atoms with van der Waals surface area (Å²) in [6.07, 6.45) is 0.715. The van der Waals surface area contributed by atoms with Crippen LogP contribution in [-0.4, -0.2) is 46.7 Å². The molecule has 0 bridgehead atoms. The van der Waals surface area contributed by atoms with Gasteiger partial charge in [0.2, 0.25) is 0 Å². The van der Waals surface area contributed by atoms with Crippen molar-refractivity contribution in [3.05, 3.63) is 61.6 Å². The Kier molecular flexibility index (Phi) is 9.11. The molecule has 0 saturated heterocycles. The molecule has 4 rings (SSSR count). The van der Waals surface area contributed by atoms with E-state index in [4.69, 9.17) is 37.4 Å². The number of anilines is 4. The van der Waals surface area contributed by atoms with Gasteiger partial charge in [-0.2, -0.15) is 0 Å². The van der Waals surface area contributed by atoms with Gasteiger partial charge in [0.05, 0.1) is 24.8 Å². The van der Waals surface area contributed by atoms with Crippen molar-refractivity contribution in [1.29, 1.82) is 0 Å². The zero-order chi connectivity index (χ0) is 31.6. The third kappa shape index (κ3) is 7.14. The fourth-order valence-electron chi connectivity index (χ4n) is 3.96. The Morgan fingerprint density at radius 2 is 1.63 bits per heavy atom. The summed E-state index contributed by atoms with van der Waals surface area (Å²) in [6, 6.07) is 4.70. The van der Waals surface area contributed by atoms with E-state index < -0.39 is 39.7 Å². The van der Waals surface area contributed by atoms with Crippen molar-refractivity contribution < 1.29 is 33.1 Å². The van der Waals surface area contributed by atoms with Crippen LogP contribution in [-0.2, 0) is 4.74 Å². The number of nitro groups is 1. The number of nitro benzene ring substituents is 1. The van der Waals surface area contributed by atoms with Gasteiger partial charge in [-0.25, -0.2) is 19.2 Å². The lowest BCUT2D eigenvalue weighted by Crippen LogP contribution is -2.27. The van der Waals surface area contributed by atoms with E-state index >= 15 is 0 Å². The summed E-state index contributed by atoms with van der Waals surface area (Å²) < 4.78 is 30.6. The number of para-hydroxylation sites is 1. The summed E-state index contributed by atoms with van der Waals surface area (Å²) in [5.74, 6) is -1.73. The van der Waals surface area contributed by atoms with E-state index in [0.29, 0.717) is 5.82 Å². The minimum Gasteiger partial charge on any atom is -0.494 e. The van der Waals surface area contributed by atoms with Gasteiger partial charge in [-0.1, -0.05) is 29.3 Å². The van der Waals surface area contributed by atoms with Crippen LogP contribution in [0.25, 0.3) is 0 Å². The van der Waals surface area contributed by atoms with E-state index in [1.807, 2.05) is 0 Å². The number of benzene rings is 2. The van der Waals surface area contributed by atoms with E-state index in [9.17, 15) is 24.1 Å². The molecular weight excluding hydrogens is 610 g/mol. The fraction of sp³-hybridized carbons (Fsp3) is 0.333. The van der Waals surface area contributed by atoms with Gasteiger partial charge in [0, 0.05) is 18.1 Å². The predicted octanol–water partition coefficient (Wildman–Crippen LogP) is 7.07. The maximum Gasteiger partial charge on any atom is 0.412 e. The number of rotatable bonds is 9. The van der Waals surface area contributed by atoms with Gasteiger partial charge in [0.15, 0.2) is 23.0 Å². The van der Waals surface area contributed by atoms with E-state index in [2.05, 4.69) is 25.9 Å². The van der Waals surface area contributed by atoms with Crippen molar-refractivity contribution in [2.45, 2.75) is 45.1 Å². The number of methoxy groups -OCH3 is 2. The van der Waals surface area contributed by atoms with E-state index in [1.165, 1.54) is 26.4 Å². The Bertz CT molecular complexity index is 1580. The first-order valence-electron chi connectivity index (χ1n) is 12.8. The first-order valence-corrected chi connectivity index (χ1v) is 13.5. The van der Waals surface area contributed by atoms with Crippen LogP contribution in [0.4, 0.5) is 37.9 Å². The van der Waals surface area contributed by atoms with Crippen LogP contribution in [0.5, 0.6) is 11.5 Å². The molecule has 228 valence electrons. The van der Waals surface area contributed by atoms with Crippen molar-refractivity contribution in [3.8, 4) is 11.5 Å². The van der Waals surface area contributed by atoms with Crippen LogP contribution in [0.2, 0.25) is 10.0 Å². The standard InChI is InChI=1S/C27H27Cl2FN6O7/c1-27(2,3)43-26(38)35-21-18(28)22(41-4)17(23(42-5)19(21)29)25(37)34-16-11-15(32-24(33-16)12-9-10-12)31-20-13(30)7-6-8-14(20)36(39)40/h6-8,11-12H,9-10H2,1-5H3,(H,35,38)(H2,31,32,33,34,37). The Morgan fingerprint density at radius 3 is 2.16 bits per heavy atom. The minimum atomic E-state index is -0.870. The second-order valence-corrected chi connectivity index (χ2v) is 11.1. The van der Waals surface area contributed by atoms with Gasteiger partial charge in [0.1, 0.15) is 38.7 Å². The molecule has 0 spiro atoms. The number of nitrogens with one attached hydrogen (secondary N) is 3. The van der Waals surface area contributed by atoms with Crippen LogP contribution < -0.4 is 25.4 Å². The summed E-state index contributed by atoms with van der Waals surface area (Å²) in [5, 5.41) is 18.8. The molecular formula is C27H27Cl2FN6O7. The maximum absolute atomic E-state index is 14.6. The zero-order valence-electron chi connectivity index (χ0n) is 23.6. The lowest BCUT2D eigenvalue weighted by Gasteiger charge is -2.22. The Morgan fingerprint density at radius 1 is 1.02 bits per heavy atom. The minimum absolute atomic E-state index is 0.00676. The average molecular weight is 637 g/mol. The molecule has 43 heavy (non-hydrogen) atoms. The highest BCUT2D eigenvalue weighted by molar-refractivity contribution is 6.42. The number of carbonyl (C=O) groups is 2. The summed E-state index contributed by atoms with van der Waals surface area (Å²) in [5.41, 5.74) is -2.06. The number of nitrogens with zero attached hydrogens (tertiary/aromatic N) is 3. The third-order valence-corrected chi connectivity index (χ3v) is 6.64. The van der Waals surface area contributed by atoms with Crippen molar-refractivity contribution >= 4 is 63.9 Å². The molecule has 1 aromatic heterocycles. The van der Waals surface area contributed by atoms with Crippen molar-refractivity contribution in [1.82, 2.24) is 9.97 Å². The summed E-state index contributed by atoms with van der Waals surface area (Å²) in [7, 11) is 2.50. The SMILES string of the molecule is COc1c(Cl)c(NC(=O)OC(C)(C)C)c(Cl)c(OC)c1C(=O)Nc1cc(Nc2c(F)cccc2[N+](=O)[O-])nc(C2CC2)n1. The number of aromatic nitrogens is 2. The van der Waals surface area contributed by atoms with Gasteiger partial charge >= 0.3 is 6.09 Å². The number of halogens is 3. The second-order valence-electron chi connectivity index (χ2n) is 10.3. The van der Waals surface area contributed by atoms with Gasteiger partial charge in [0.25, 0.3) is 11.6 Å². The third-order valence-electron chi connectivity index (χ3n) is 5.92. The Balaban J connectivity index is 1.72. The van der Waals surface area contributed by atoms with Crippen LogP contribution >= 0.6 is 23.2 Å². The van der Waals surface area contributed by atoms with Crippen molar-refractivity contribution in [2.75, 3.05) is 30.2 Å². The fourth-order valence-corrected chi connectivity index (χ4v) is 4.64. The van der Waals surface area contributed by atoms with E-state index in [0.717, 1.165) is 25.0 Å². The monoisotopic (exact) mass is 636 g/mol. The number of amides is 2. The molecule has 3 aromatic rings. The largest absolute Gasteiger partial charge is 0.494 e. The molecule has 1 heterocycles. The molecule has 1 aliphatic rings. The number of carbonyl (C=O) groups excluding carboxylic acids is 2. The molecule has 13 nitrogen and oxygen atoms in total. The topological polar surface area (TPSA) is 167 Å². The van der Waals surface area contributed by atoms with Gasteiger partial charge < -0.3 is 24.8 Å². The van der Waals surface area contributed by atoms with Crippen LogP contribution in [0, 0.1) is 15.9 Å². The van der Waals surface area contributed by atoms with Crippen molar-refractivity contribution in [2.24, 2.45) is 0 Å². The molecule has 1 fully saturated rings. The highest BCUT2D eigenvalue weighted by atomic mass is 35.5. The van der Waals surface area contributed by atoms with Crippen LogP contribution in [0.3, 0.4) is 0 Å². The molecule has 16 heteroatoms. The molecule has 0 radical (unpaired) electrons. The van der Waals surface area contributed by atoms with E-state index in [-0.39, 0.29) is 50.3 Å². The predicted molar refractivity (Wildman–Crippen MR) is 158 cm³/mol. The Hall–Kier alpha value is -4.43. The first-order chi connectivity index (χ1) is 20.2. The maximum atomic E-state index is 14.6. The number of ether oxygens (including phenoxy) is 3. The van der Waals surface area contributed by atoms with Gasteiger partial charge in [-0.15, -0.1) is 0 Å². The number of hydrogen-bond donors (Lipinski definition) is 3.